The SMILES string of the molecule is c1ccc(CCc2nc3n(n2)CCN(Cc2ccc4cn[nH]c4c2)CC3)cc1. The quantitative estimate of drug-likeness (QED) is 0.585. The van der Waals surface area contributed by atoms with E-state index in [1.807, 2.05) is 6.20 Å². The summed E-state index contributed by atoms with van der Waals surface area (Å²) >= 11 is 0. The zero-order valence-corrected chi connectivity index (χ0v) is 15.9. The van der Waals surface area contributed by atoms with Crippen molar-refractivity contribution in [2.45, 2.75) is 32.4 Å². The van der Waals surface area contributed by atoms with Crippen LogP contribution in [-0.2, 0) is 32.4 Å². The summed E-state index contributed by atoms with van der Waals surface area (Å²) in [6.45, 7) is 3.86. The van der Waals surface area contributed by atoms with Crippen LogP contribution in [0, 0.1) is 0 Å². The first-order valence-corrected chi connectivity index (χ1v) is 9.94. The summed E-state index contributed by atoms with van der Waals surface area (Å²) in [6, 6.07) is 17.1. The van der Waals surface area contributed by atoms with Crippen molar-refractivity contribution in [2.24, 2.45) is 0 Å². The molecule has 2 aromatic heterocycles. The van der Waals surface area contributed by atoms with E-state index in [4.69, 9.17) is 10.1 Å². The van der Waals surface area contributed by atoms with E-state index >= 15 is 0 Å². The molecule has 0 unspecified atom stereocenters. The van der Waals surface area contributed by atoms with Crippen LogP contribution in [0.1, 0.15) is 22.8 Å². The number of hydrogen-bond donors (Lipinski definition) is 1. The summed E-state index contributed by atoms with van der Waals surface area (Å²) in [7, 11) is 0. The largest absolute Gasteiger partial charge is 0.297 e. The third kappa shape index (κ3) is 3.68. The van der Waals surface area contributed by atoms with Gasteiger partial charge < -0.3 is 0 Å². The molecule has 0 atom stereocenters. The van der Waals surface area contributed by atoms with Crippen molar-refractivity contribution in [1.82, 2.24) is 29.9 Å². The summed E-state index contributed by atoms with van der Waals surface area (Å²) in [5, 5.41) is 13.1. The zero-order valence-electron chi connectivity index (χ0n) is 15.9. The second-order valence-electron chi connectivity index (χ2n) is 7.47. The highest BCUT2D eigenvalue weighted by Gasteiger charge is 2.17. The molecule has 4 aromatic rings. The first-order chi connectivity index (χ1) is 13.8. The first kappa shape index (κ1) is 17.1. The van der Waals surface area contributed by atoms with Crippen molar-refractivity contribution in [3.8, 4) is 0 Å². The maximum atomic E-state index is 4.81. The number of fused-ring (bicyclic) bond motifs is 2. The molecule has 2 aromatic carbocycles. The summed E-state index contributed by atoms with van der Waals surface area (Å²) in [6.07, 6.45) is 4.71. The van der Waals surface area contributed by atoms with Crippen LogP contribution < -0.4 is 0 Å². The van der Waals surface area contributed by atoms with E-state index in [0.29, 0.717) is 0 Å². The van der Waals surface area contributed by atoms with Gasteiger partial charge in [-0.2, -0.15) is 10.2 Å². The maximum absolute atomic E-state index is 4.81. The van der Waals surface area contributed by atoms with Gasteiger partial charge in [0.2, 0.25) is 0 Å². The normalized spacial score (nSPS) is 14.9. The molecule has 6 heteroatoms. The Morgan fingerprint density at radius 1 is 0.929 bits per heavy atom. The van der Waals surface area contributed by atoms with Gasteiger partial charge in [-0.25, -0.2) is 9.67 Å². The third-order valence-electron chi connectivity index (χ3n) is 5.46. The van der Waals surface area contributed by atoms with Gasteiger partial charge in [0.15, 0.2) is 5.82 Å². The van der Waals surface area contributed by atoms with Gasteiger partial charge in [-0.15, -0.1) is 0 Å². The Bertz CT molecular complexity index is 1040. The van der Waals surface area contributed by atoms with E-state index < -0.39 is 0 Å². The number of hydrogen-bond acceptors (Lipinski definition) is 4. The van der Waals surface area contributed by atoms with E-state index in [0.717, 1.165) is 68.0 Å². The maximum Gasteiger partial charge on any atom is 0.151 e. The van der Waals surface area contributed by atoms with Crippen molar-refractivity contribution in [3.63, 3.8) is 0 Å². The Labute approximate surface area is 164 Å². The standard InChI is InChI=1S/C22H24N6/c1-2-4-17(5-3-1)7-9-21-24-22-10-11-27(12-13-28(22)26-21)16-18-6-8-19-15-23-25-20(19)14-18/h1-6,8,14-15H,7,9-13,16H2,(H,23,25). The summed E-state index contributed by atoms with van der Waals surface area (Å²) in [5.74, 6) is 2.09. The van der Waals surface area contributed by atoms with Crippen molar-refractivity contribution in [2.75, 3.05) is 13.1 Å². The van der Waals surface area contributed by atoms with Crippen molar-refractivity contribution >= 4 is 10.9 Å². The average molecular weight is 372 g/mol. The fourth-order valence-corrected chi connectivity index (χ4v) is 3.90. The first-order valence-electron chi connectivity index (χ1n) is 9.94. The van der Waals surface area contributed by atoms with E-state index in [1.54, 1.807) is 0 Å². The van der Waals surface area contributed by atoms with Crippen LogP contribution in [0.25, 0.3) is 10.9 Å². The van der Waals surface area contributed by atoms with E-state index in [-0.39, 0.29) is 0 Å². The molecule has 1 N–H and O–H groups in total. The van der Waals surface area contributed by atoms with Gasteiger partial charge in [0.05, 0.1) is 18.3 Å². The molecule has 0 saturated carbocycles. The number of nitrogens with zero attached hydrogens (tertiary/aromatic N) is 5. The smallest absolute Gasteiger partial charge is 0.151 e. The lowest BCUT2D eigenvalue weighted by atomic mass is 10.1. The summed E-state index contributed by atoms with van der Waals surface area (Å²) < 4.78 is 2.11. The Morgan fingerprint density at radius 2 is 1.86 bits per heavy atom. The minimum Gasteiger partial charge on any atom is -0.297 e. The number of nitrogens with one attached hydrogen (secondary N) is 1. The van der Waals surface area contributed by atoms with Crippen LogP contribution in [0.4, 0.5) is 0 Å². The monoisotopic (exact) mass is 372 g/mol. The minimum absolute atomic E-state index is 0.901. The number of rotatable bonds is 5. The molecule has 0 saturated heterocycles. The highest BCUT2D eigenvalue weighted by molar-refractivity contribution is 5.78. The van der Waals surface area contributed by atoms with Gasteiger partial charge >= 0.3 is 0 Å². The lowest BCUT2D eigenvalue weighted by molar-refractivity contribution is 0.268. The number of aromatic nitrogens is 5. The van der Waals surface area contributed by atoms with Crippen LogP contribution in [-0.4, -0.2) is 43.0 Å². The summed E-state index contributed by atoms with van der Waals surface area (Å²) in [5.41, 5.74) is 3.76. The lowest BCUT2D eigenvalue weighted by Gasteiger charge is -2.19. The average Bonchev–Trinajstić information content (AvgIpc) is 3.31. The van der Waals surface area contributed by atoms with Crippen molar-refractivity contribution < 1.29 is 0 Å². The zero-order chi connectivity index (χ0) is 18.8. The van der Waals surface area contributed by atoms with Crippen LogP contribution >= 0.6 is 0 Å². The van der Waals surface area contributed by atoms with Crippen molar-refractivity contribution in [1.29, 1.82) is 0 Å². The molecule has 1 aliphatic rings. The van der Waals surface area contributed by atoms with Gasteiger partial charge in [-0.3, -0.25) is 10.00 Å². The van der Waals surface area contributed by atoms with Crippen LogP contribution in [0.15, 0.2) is 54.7 Å². The highest BCUT2D eigenvalue weighted by Crippen LogP contribution is 2.16. The molecule has 3 heterocycles. The fraction of sp³-hybridized carbons (Fsp3) is 0.318. The van der Waals surface area contributed by atoms with E-state index in [2.05, 4.69) is 68.3 Å². The predicted octanol–water partition coefficient (Wildman–Crippen LogP) is 3.00. The molecular formula is C22H24N6. The van der Waals surface area contributed by atoms with Crippen molar-refractivity contribution in [3.05, 3.63) is 77.5 Å². The van der Waals surface area contributed by atoms with Gasteiger partial charge in [-0.05, 0) is 23.6 Å². The number of aryl methyl sites for hydroxylation is 2. The molecular weight excluding hydrogens is 348 g/mol. The summed E-state index contributed by atoms with van der Waals surface area (Å²) in [4.78, 5) is 7.30. The number of H-pyrrole nitrogens is 1. The van der Waals surface area contributed by atoms with Gasteiger partial charge in [-0.1, -0.05) is 42.5 Å². The molecule has 142 valence electrons. The lowest BCUT2D eigenvalue weighted by Crippen LogP contribution is -2.26. The molecule has 0 amide bonds. The fourth-order valence-electron chi connectivity index (χ4n) is 3.90. The van der Waals surface area contributed by atoms with Gasteiger partial charge in [0, 0.05) is 37.9 Å². The Balaban J connectivity index is 1.20. The molecule has 28 heavy (non-hydrogen) atoms. The second-order valence-corrected chi connectivity index (χ2v) is 7.47. The molecule has 0 bridgehead atoms. The minimum atomic E-state index is 0.901. The number of benzene rings is 2. The van der Waals surface area contributed by atoms with Crippen LogP contribution in [0.2, 0.25) is 0 Å². The molecule has 0 spiro atoms. The highest BCUT2D eigenvalue weighted by atomic mass is 15.4. The second kappa shape index (κ2) is 7.56. The molecule has 0 fully saturated rings. The molecule has 0 aliphatic carbocycles. The Kier molecular flexibility index (Phi) is 4.62. The Morgan fingerprint density at radius 3 is 2.79 bits per heavy atom. The molecule has 6 nitrogen and oxygen atoms in total. The molecule has 1 aliphatic heterocycles. The van der Waals surface area contributed by atoms with Gasteiger partial charge in [0.25, 0.3) is 0 Å². The number of aromatic amines is 1. The Hall–Kier alpha value is -2.99. The van der Waals surface area contributed by atoms with E-state index in [9.17, 15) is 0 Å². The van der Waals surface area contributed by atoms with Crippen LogP contribution in [0.3, 0.4) is 0 Å². The molecule has 5 rings (SSSR count). The molecule has 0 radical (unpaired) electrons. The third-order valence-corrected chi connectivity index (χ3v) is 5.46. The van der Waals surface area contributed by atoms with Crippen LogP contribution in [0.5, 0.6) is 0 Å². The predicted molar refractivity (Wildman–Crippen MR) is 109 cm³/mol. The topological polar surface area (TPSA) is 62.6 Å². The van der Waals surface area contributed by atoms with Gasteiger partial charge in [0.1, 0.15) is 5.82 Å². The van der Waals surface area contributed by atoms with E-state index in [1.165, 1.54) is 11.1 Å².